The van der Waals surface area contributed by atoms with E-state index in [2.05, 4.69) is 0 Å². The molecule has 0 amide bonds. The second-order valence-electron chi connectivity index (χ2n) is 3.92. The van der Waals surface area contributed by atoms with Crippen molar-refractivity contribution in [2.45, 2.75) is 6.61 Å². The average Bonchev–Trinajstić information content (AvgIpc) is 2.37. The summed E-state index contributed by atoms with van der Waals surface area (Å²) in [6.07, 6.45) is 0. The van der Waals surface area contributed by atoms with E-state index in [1.54, 1.807) is 18.2 Å². The third-order valence-electron chi connectivity index (χ3n) is 2.53. The molecular weight excluding hydrogens is 301 g/mol. The summed E-state index contributed by atoms with van der Waals surface area (Å²) in [4.78, 5) is 0.323. The van der Waals surface area contributed by atoms with Gasteiger partial charge in [-0.25, -0.2) is 0 Å². The highest BCUT2D eigenvalue weighted by Crippen LogP contribution is 2.22. The topological polar surface area (TPSA) is 35.2 Å². The third-order valence-corrected chi connectivity index (χ3v) is 3.35. The Bertz CT molecular complexity index is 616. The van der Waals surface area contributed by atoms with Crippen LogP contribution in [0.3, 0.4) is 0 Å². The molecule has 0 bridgehead atoms. The Morgan fingerprint density at radius 2 is 1.95 bits per heavy atom. The highest BCUT2D eigenvalue weighted by Gasteiger charge is 2.05. The summed E-state index contributed by atoms with van der Waals surface area (Å²) in [5.41, 5.74) is 7.15. The summed E-state index contributed by atoms with van der Waals surface area (Å²) in [5.74, 6) is 0.696. The van der Waals surface area contributed by atoms with Crippen molar-refractivity contribution in [2.24, 2.45) is 5.73 Å². The molecule has 2 N–H and O–H groups in total. The van der Waals surface area contributed by atoms with Gasteiger partial charge in [-0.3, -0.25) is 0 Å². The molecule has 0 saturated heterocycles. The van der Waals surface area contributed by atoms with Gasteiger partial charge in [0, 0.05) is 21.2 Å². The molecule has 0 unspecified atom stereocenters. The Kier molecular flexibility index (Phi) is 4.64. The van der Waals surface area contributed by atoms with Gasteiger partial charge in [0.2, 0.25) is 0 Å². The quantitative estimate of drug-likeness (QED) is 0.859. The van der Waals surface area contributed by atoms with Gasteiger partial charge in [-0.05, 0) is 24.3 Å². The monoisotopic (exact) mass is 311 g/mol. The molecule has 0 fully saturated rings. The van der Waals surface area contributed by atoms with Crippen LogP contribution in [0.1, 0.15) is 11.1 Å². The molecule has 0 aliphatic heterocycles. The first-order chi connectivity index (χ1) is 9.06. The van der Waals surface area contributed by atoms with Crippen LogP contribution in [-0.2, 0) is 6.61 Å². The fraction of sp³-hybridized carbons (Fsp3) is 0.0714. The third kappa shape index (κ3) is 3.83. The summed E-state index contributed by atoms with van der Waals surface area (Å²) in [6.45, 7) is 0.358. The number of nitrogens with two attached hydrogens (primary N) is 1. The number of hydrogen-bond donors (Lipinski definition) is 1. The molecule has 98 valence electrons. The smallest absolute Gasteiger partial charge is 0.121 e. The van der Waals surface area contributed by atoms with Crippen molar-refractivity contribution >= 4 is 40.4 Å². The first kappa shape index (κ1) is 14.1. The molecule has 0 spiro atoms. The van der Waals surface area contributed by atoms with Crippen LogP contribution in [-0.4, -0.2) is 4.99 Å². The lowest BCUT2D eigenvalue weighted by atomic mass is 10.1. The fourth-order valence-electron chi connectivity index (χ4n) is 1.54. The van der Waals surface area contributed by atoms with Crippen molar-refractivity contribution in [3.05, 3.63) is 63.6 Å². The SMILES string of the molecule is NC(=S)c1ccc(COc2cccc(Cl)c2)c(Cl)c1. The Hall–Kier alpha value is -1.29. The highest BCUT2D eigenvalue weighted by atomic mass is 35.5. The van der Waals surface area contributed by atoms with E-state index in [1.807, 2.05) is 24.3 Å². The minimum atomic E-state index is 0.323. The van der Waals surface area contributed by atoms with Crippen LogP contribution in [0.25, 0.3) is 0 Å². The van der Waals surface area contributed by atoms with E-state index < -0.39 is 0 Å². The lowest BCUT2D eigenvalue weighted by molar-refractivity contribution is 0.306. The van der Waals surface area contributed by atoms with Crippen molar-refractivity contribution < 1.29 is 4.74 Å². The van der Waals surface area contributed by atoms with Gasteiger partial charge < -0.3 is 10.5 Å². The van der Waals surface area contributed by atoms with Crippen molar-refractivity contribution in [2.75, 3.05) is 0 Å². The Balaban J connectivity index is 2.10. The molecule has 0 radical (unpaired) electrons. The number of rotatable bonds is 4. The molecule has 5 heteroatoms. The van der Waals surface area contributed by atoms with Crippen LogP contribution in [0, 0.1) is 0 Å². The molecule has 0 aromatic heterocycles. The molecule has 0 aliphatic rings. The molecule has 2 aromatic rings. The average molecular weight is 312 g/mol. The molecule has 2 rings (SSSR count). The molecule has 0 saturated carbocycles. The van der Waals surface area contributed by atoms with Crippen LogP contribution in [0.4, 0.5) is 0 Å². The van der Waals surface area contributed by atoms with Crippen molar-refractivity contribution in [3.63, 3.8) is 0 Å². The van der Waals surface area contributed by atoms with Crippen molar-refractivity contribution in [1.29, 1.82) is 0 Å². The lowest BCUT2D eigenvalue weighted by Crippen LogP contribution is -2.09. The molecular formula is C14H11Cl2NOS. The predicted molar refractivity (Wildman–Crippen MR) is 83.1 cm³/mol. The normalized spacial score (nSPS) is 10.2. The zero-order chi connectivity index (χ0) is 13.8. The minimum Gasteiger partial charge on any atom is -0.489 e. The zero-order valence-corrected chi connectivity index (χ0v) is 12.2. The molecule has 19 heavy (non-hydrogen) atoms. The van der Waals surface area contributed by atoms with Crippen LogP contribution in [0.5, 0.6) is 5.75 Å². The highest BCUT2D eigenvalue weighted by molar-refractivity contribution is 7.80. The van der Waals surface area contributed by atoms with Crippen LogP contribution in [0.15, 0.2) is 42.5 Å². The van der Waals surface area contributed by atoms with Gasteiger partial charge in [-0.15, -0.1) is 0 Å². The number of halogens is 2. The summed E-state index contributed by atoms with van der Waals surface area (Å²) < 4.78 is 5.62. The predicted octanol–water partition coefficient (Wildman–Crippen LogP) is 4.21. The largest absolute Gasteiger partial charge is 0.489 e. The van der Waals surface area contributed by atoms with Crippen LogP contribution >= 0.6 is 35.4 Å². The Morgan fingerprint density at radius 1 is 1.16 bits per heavy atom. The van der Waals surface area contributed by atoms with E-state index >= 15 is 0 Å². The van der Waals surface area contributed by atoms with E-state index in [-0.39, 0.29) is 0 Å². The fourth-order valence-corrected chi connectivity index (χ4v) is 2.08. The van der Waals surface area contributed by atoms with Gasteiger partial charge in [0.15, 0.2) is 0 Å². The number of ether oxygens (including phenoxy) is 1. The Labute approximate surface area is 127 Å². The second kappa shape index (κ2) is 6.24. The summed E-state index contributed by atoms with van der Waals surface area (Å²) in [6, 6.07) is 12.6. The molecule has 0 heterocycles. The van der Waals surface area contributed by atoms with E-state index in [1.165, 1.54) is 0 Å². The Morgan fingerprint density at radius 3 is 2.58 bits per heavy atom. The van der Waals surface area contributed by atoms with Gasteiger partial charge in [-0.1, -0.05) is 53.6 Å². The van der Waals surface area contributed by atoms with E-state index in [9.17, 15) is 0 Å². The standard InChI is InChI=1S/C14H11Cl2NOS/c15-11-2-1-3-12(7-11)18-8-10-5-4-9(14(17)19)6-13(10)16/h1-7H,8H2,(H2,17,19). The van der Waals surface area contributed by atoms with E-state index in [0.29, 0.717) is 27.4 Å². The molecule has 2 nitrogen and oxygen atoms in total. The minimum absolute atomic E-state index is 0.323. The first-order valence-corrected chi connectivity index (χ1v) is 6.69. The number of thiocarbonyl (C=S) groups is 1. The van der Waals surface area contributed by atoms with Gasteiger partial charge in [0.1, 0.15) is 17.3 Å². The van der Waals surface area contributed by atoms with E-state index in [0.717, 1.165) is 11.1 Å². The first-order valence-electron chi connectivity index (χ1n) is 5.53. The maximum Gasteiger partial charge on any atom is 0.121 e. The molecule has 0 aliphatic carbocycles. The van der Waals surface area contributed by atoms with Crippen LogP contribution in [0.2, 0.25) is 10.0 Å². The lowest BCUT2D eigenvalue weighted by Gasteiger charge is -2.09. The summed E-state index contributed by atoms with van der Waals surface area (Å²) in [7, 11) is 0. The summed E-state index contributed by atoms with van der Waals surface area (Å²) in [5, 5.41) is 1.21. The summed E-state index contributed by atoms with van der Waals surface area (Å²) >= 11 is 16.9. The zero-order valence-electron chi connectivity index (χ0n) is 9.90. The van der Waals surface area contributed by atoms with Gasteiger partial charge >= 0.3 is 0 Å². The van der Waals surface area contributed by atoms with Gasteiger partial charge in [-0.2, -0.15) is 0 Å². The maximum absolute atomic E-state index is 6.15. The van der Waals surface area contributed by atoms with Crippen molar-refractivity contribution in [3.8, 4) is 5.75 Å². The molecule has 2 aromatic carbocycles. The van der Waals surface area contributed by atoms with E-state index in [4.69, 9.17) is 45.9 Å². The van der Waals surface area contributed by atoms with Crippen LogP contribution < -0.4 is 10.5 Å². The van der Waals surface area contributed by atoms with Gasteiger partial charge in [0.25, 0.3) is 0 Å². The second-order valence-corrected chi connectivity index (χ2v) is 5.20. The number of hydrogen-bond acceptors (Lipinski definition) is 2. The number of benzene rings is 2. The van der Waals surface area contributed by atoms with Gasteiger partial charge in [0.05, 0.1) is 0 Å². The van der Waals surface area contributed by atoms with Crippen molar-refractivity contribution in [1.82, 2.24) is 0 Å². The molecule has 0 atom stereocenters. The maximum atomic E-state index is 6.15.